The lowest BCUT2D eigenvalue weighted by atomic mass is 10.1. The van der Waals surface area contributed by atoms with Crippen LogP contribution >= 0.6 is 0 Å². The molecule has 0 aliphatic heterocycles. The van der Waals surface area contributed by atoms with Gasteiger partial charge in [0.2, 0.25) is 0 Å². The molecule has 0 aromatic carbocycles. The van der Waals surface area contributed by atoms with Crippen LogP contribution in [0.5, 0.6) is 0 Å². The van der Waals surface area contributed by atoms with Crippen LogP contribution < -0.4 is 0 Å². The third-order valence-corrected chi connectivity index (χ3v) is 1.50. The van der Waals surface area contributed by atoms with Gasteiger partial charge in [0, 0.05) is 5.56 Å². The van der Waals surface area contributed by atoms with E-state index in [0.717, 1.165) is 12.5 Å². The number of aliphatic hydroxyl groups excluding tert-OH is 1. The summed E-state index contributed by atoms with van der Waals surface area (Å²) in [6.45, 7) is 1.44. The monoisotopic (exact) mass is 180 g/mol. The van der Waals surface area contributed by atoms with E-state index in [2.05, 4.69) is 4.42 Å². The van der Waals surface area contributed by atoms with Gasteiger partial charge >= 0.3 is 6.18 Å². The van der Waals surface area contributed by atoms with Crippen molar-refractivity contribution in [2.24, 2.45) is 0 Å². The number of furan rings is 1. The van der Waals surface area contributed by atoms with Crippen LogP contribution in [0.4, 0.5) is 13.2 Å². The van der Waals surface area contributed by atoms with Crippen LogP contribution in [0.3, 0.4) is 0 Å². The Hall–Kier alpha value is -0.970. The average molecular weight is 180 g/mol. The second-order valence-corrected chi connectivity index (χ2v) is 2.45. The molecule has 0 aliphatic carbocycles. The predicted molar refractivity (Wildman–Crippen MR) is 34.5 cm³/mol. The second-order valence-electron chi connectivity index (χ2n) is 2.45. The predicted octanol–water partition coefficient (Wildman–Crippen LogP) is 2.18. The van der Waals surface area contributed by atoms with Crippen LogP contribution in [0.1, 0.15) is 17.2 Å². The lowest BCUT2D eigenvalue weighted by Gasteiger charge is -2.12. The first-order valence-electron chi connectivity index (χ1n) is 3.20. The molecule has 0 spiro atoms. The van der Waals surface area contributed by atoms with E-state index in [4.69, 9.17) is 5.11 Å². The van der Waals surface area contributed by atoms with Crippen LogP contribution in [-0.2, 0) is 0 Å². The molecule has 1 N–H and O–H groups in total. The molecule has 1 heterocycles. The molecule has 1 aromatic heterocycles. The maximum Gasteiger partial charge on any atom is 0.418 e. The minimum absolute atomic E-state index is 0.234. The SMILES string of the molecule is Cc1cocc1[C@H](O)C(F)(F)F. The lowest BCUT2D eigenvalue weighted by Crippen LogP contribution is -2.20. The summed E-state index contributed by atoms with van der Waals surface area (Å²) in [6, 6.07) is 0. The van der Waals surface area contributed by atoms with Gasteiger partial charge in [0.25, 0.3) is 0 Å². The molecule has 0 amide bonds. The smallest absolute Gasteiger partial charge is 0.418 e. The standard InChI is InChI=1S/C7H7F3O2/c1-4-2-12-3-5(4)6(11)7(8,9)10/h2-3,6,11H,1H3/t6-/m0/s1. The molecule has 0 saturated carbocycles. The van der Waals surface area contributed by atoms with Crippen molar-refractivity contribution in [3.63, 3.8) is 0 Å². The number of aryl methyl sites for hydroxylation is 1. The summed E-state index contributed by atoms with van der Waals surface area (Å²) in [7, 11) is 0. The summed E-state index contributed by atoms with van der Waals surface area (Å²) >= 11 is 0. The van der Waals surface area contributed by atoms with Crippen molar-refractivity contribution in [1.82, 2.24) is 0 Å². The topological polar surface area (TPSA) is 33.4 Å². The third kappa shape index (κ3) is 1.61. The zero-order chi connectivity index (χ0) is 9.35. The molecule has 0 saturated heterocycles. The Morgan fingerprint density at radius 3 is 2.33 bits per heavy atom. The fourth-order valence-electron chi connectivity index (χ4n) is 0.827. The summed E-state index contributed by atoms with van der Waals surface area (Å²) in [6.07, 6.45) is -5.02. The number of halogens is 3. The highest BCUT2D eigenvalue weighted by Gasteiger charge is 2.40. The molecular weight excluding hydrogens is 173 g/mol. The van der Waals surface area contributed by atoms with Crippen molar-refractivity contribution in [3.8, 4) is 0 Å². The minimum atomic E-state index is -4.63. The van der Waals surface area contributed by atoms with Crippen LogP contribution in [0, 0.1) is 6.92 Å². The lowest BCUT2D eigenvalue weighted by molar-refractivity contribution is -0.207. The number of rotatable bonds is 1. The van der Waals surface area contributed by atoms with Gasteiger partial charge in [-0.3, -0.25) is 0 Å². The summed E-state index contributed by atoms with van der Waals surface area (Å²) in [5.41, 5.74) is 0.0577. The van der Waals surface area contributed by atoms with E-state index in [1.165, 1.54) is 6.92 Å². The van der Waals surface area contributed by atoms with E-state index in [1.807, 2.05) is 0 Å². The third-order valence-electron chi connectivity index (χ3n) is 1.50. The first-order chi connectivity index (χ1) is 5.43. The molecule has 0 radical (unpaired) electrons. The number of hydrogen-bond donors (Lipinski definition) is 1. The average Bonchev–Trinajstić information content (AvgIpc) is 2.31. The highest BCUT2D eigenvalue weighted by atomic mass is 19.4. The Morgan fingerprint density at radius 1 is 1.42 bits per heavy atom. The molecule has 5 heteroatoms. The molecule has 0 aliphatic rings. The Bertz CT molecular complexity index is 264. The molecule has 12 heavy (non-hydrogen) atoms. The van der Waals surface area contributed by atoms with E-state index in [0.29, 0.717) is 5.56 Å². The number of alkyl halides is 3. The van der Waals surface area contributed by atoms with E-state index in [9.17, 15) is 13.2 Å². The number of aliphatic hydroxyl groups is 1. The molecule has 0 unspecified atom stereocenters. The van der Waals surface area contributed by atoms with Crippen molar-refractivity contribution >= 4 is 0 Å². The van der Waals surface area contributed by atoms with Crippen molar-refractivity contribution in [3.05, 3.63) is 23.7 Å². The zero-order valence-corrected chi connectivity index (χ0v) is 6.22. The number of hydrogen-bond acceptors (Lipinski definition) is 2. The maximum atomic E-state index is 11.9. The van der Waals surface area contributed by atoms with Gasteiger partial charge in [-0.25, -0.2) is 0 Å². The quantitative estimate of drug-likeness (QED) is 0.718. The Balaban J connectivity index is 2.92. The maximum absolute atomic E-state index is 11.9. The van der Waals surface area contributed by atoms with E-state index in [-0.39, 0.29) is 5.56 Å². The molecule has 1 rings (SSSR count). The van der Waals surface area contributed by atoms with Crippen molar-refractivity contribution in [2.45, 2.75) is 19.2 Å². The van der Waals surface area contributed by atoms with Gasteiger partial charge in [0.15, 0.2) is 6.10 Å². The first kappa shape index (κ1) is 9.12. The van der Waals surface area contributed by atoms with Gasteiger partial charge in [-0.1, -0.05) is 0 Å². The van der Waals surface area contributed by atoms with Crippen LogP contribution in [-0.4, -0.2) is 11.3 Å². The molecule has 68 valence electrons. The normalized spacial score (nSPS) is 14.8. The molecule has 2 nitrogen and oxygen atoms in total. The van der Waals surface area contributed by atoms with Gasteiger partial charge in [-0.2, -0.15) is 13.2 Å². The molecule has 0 fully saturated rings. The minimum Gasteiger partial charge on any atom is -0.472 e. The summed E-state index contributed by atoms with van der Waals surface area (Å²) in [5.74, 6) is 0. The van der Waals surface area contributed by atoms with Crippen LogP contribution in [0.15, 0.2) is 16.9 Å². The molecule has 1 atom stereocenters. The highest BCUT2D eigenvalue weighted by Crippen LogP contribution is 2.34. The molecule has 1 aromatic rings. The largest absolute Gasteiger partial charge is 0.472 e. The summed E-state index contributed by atoms with van der Waals surface area (Å²) in [4.78, 5) is 0. The fraction of sp³-hybridized carbons (Fsp3) is 0.429. The summed E-state index contributed by atoms with van der Waals surface area (Å²) in [5, 5.41) is 8.74. The summed E-state index contributed by atoms with van der Waals surface area (Å²) < 4.78 is 40.2. The second kappa shape index (κ2) is 2.82. The van der Waals surface area contributed by atoms with Crippen LogP contribution in [0.2, 0.25) is 0 Å². The highest BCUT2D eigenvalue weighted by molar-refractivity contribution is 5.22. The van der Waals surface area contributed by atoms with E-state index >= 15 is 0 Å². The van der Waals surface area contributed by atoms with Gasteiger partial charge in [0.05, 0.1) is 12.5 Å². The molecule has 0 bridgehead atoms. The van der Waals surface area contributed by atoms with Gasteiger partial charge in [-0.05, 0) is 12.5 Å². The van der Waals surface area contributed by atoms with Crippen molar-refractivity contribution in [1.29, 1.82) is 0 Å². The van der Waals surface area contributed by atoms with E-state index in [1.54, 1.807) is 0 Å². The first-order valence-corrected chi connectivity index (χ1v) is 3.20. The Kier molecular flexibility index (Phi) is 2.14. The van der Waals surface area contributed by atoms with Gasteiger partial charge in [-0.15, -0.1) is 0 Å². The Labute approximate surface area is 66.6 Å². The Morgan fingerprint density at radius 2 is 2.00 bits per heavy atom. The van der Waals surface area contributed by atoms with E-state index < -0.39 is 12.3 Å². The molecular formula is C7H7F3O2. The van der Waals surface area contributed by atoms with Crippen molar-refractivity contribution in [2.75, 3.05) is 0 Å². The van der Waals surface area contributed by atoms with Gasteiger partial charge < -0.3 is 9.52 Å². The fourth-order valence-corrected chi connectivity index (χ4v) is 0.827. The van der Waals surface area contributed by atoms with Crippen molar-refractivity contribution < 1.29 is 22.7 Å². The zero-order valence-electron chi connectivity index (χ0n) is 6.22. The van der Waals surface area contributed by atoms with Crippen LogP contribution in [0.25, 0.3) is 0 Å². The van der Waals surface area contributed by atoms with Gasteiger partial charge in [0.1, 0.15) is 0 Å².